The van der Waals surface area contributed by atoms with Crippen molar-refractivity contribution in [2.75, 3.05) is 6.61 Å². The monoisotopic (exact) mass is 396 g/mol. The quantitative estimate of drug-likeness (QED) is 0.310. The Morgan fingerprint density at radius 2 is 1.96 bits per heavy atom. The van der Waals surface area contributed by atoms with E-state index in [0.29, 0.717) is 10.9 Å². The molecule has 146 valence electrons. The highest BCUT2D eigenvalue weighted by atomic mass is 32.1. The fraction of sp³-hybridized carbons (Fsp3) is 0.438. The molecule has 5 atom stereocenters. The van der Waals surface area contributed by atoms with E-state index in [1.54, 1.807) is 18.2 Å². The highest BCUT2D eigenvalue weighted by molar-refractivity contribution is 7.80. The van der Waals surface area contributed by atoms with Crippen molar-refractivity contribution in [2.45, 2.75) is 37.6 Å². The number of aromatic hydroxyl groups is 1. The third-order valence-corrected chi connectivity index (χ3v) is 4.56. The van der Waals surface area contributed by atoms with Crippen molar-refractivity contribution in [3.63, 3.8) is 0 Å². The van der Waals surface area contributed by atoms with Gasteiger partial charge in [0.25, 0.3) is 0 Å². The molecule has 10 nitrogen and oxygen atoms in total. The minimum absolute atomic E-state index is 0.0541. The molecule has 7 N–H and O–H groups in total. The number of aliphatic hydroxyl groups is 4. The summed E-state index contributed by atoms with van der Waals surface area (Å²) in [5.41, 5.74) is 6.69. The number of benzene rings is 1. The molecule has 1 aliphatic heterocycles. The third kappa shape index (κ3) is 3.40. The van der Waals surface area contributed by atoms with E-state index in [0.717, 1.165) is 5.56 Å². The summed E-state index contributed by atoms with van der Waals surface area (Å²) in [6.07, 6.45) is -7.10. The molecule has 0 saturated carbocycles. The number of azo groups is 1. The molecular weight excluding hydrogens is 376 g/mol. The summed E-state index contributed by atoms with van der Waals surface area (Å²) in [6, 6.07) is 5.19. The van der Waals surface area contributed by atoms with Gasteiger partial charge in [0.2, 0.25) is 11.0 Å². The molecule has 1 aromatic carbocycles. The zero-order chi connectivity index (χ0) is 19.9. The molecule has 1 saturated heterocycles. The van der Waals surface area contributed by atoms with Gasteiger partial charge in [-0.1, -0.05) is 11.6 Å². The molecule has 11 heteroatoms. The Morgan fingerprint density at radius 3 is 2.59 bits per heavy atom. The minimum Gasteiger partial charge on any atom is -0.493 e. The first-order chi connectivity index (χ1) is 12.8. The number of aryl methyl sites for hydroxylation is 1. The molecule has 1 fully saturated rings. The van der Waals surface area contributed by atoms with Crippen LogP contribution in [0.1, 0.15) is 11.8 Å². The van der Waals surface area contributed by atoms with E-state index in [1.807, 2.05) is 6.92 Å². The second-order valence-electron chi connectivity index (χ2n) is 6.32. The second-order valence-corrected chi connectivity index (χ2v) is 6.74. The maximum atomic E-state index is 10.7. The fourth-order valence-electron chi connectivity index (χ4n) is 3.15. The van der Waals surface area contributed by atoms with Crippen molar-refractivity contribution < 1.29 is 30.3 Å². The molecule has 0 spiro atoms. The van der Waals surface area contributed by atoms with Gasteiger partial charge in [-0.05, 0) is 31.3 Å². The second kappa shape index (κ2) is 7.46. The van der Waals surface area contributed by atoms with Gasteiger partial charge < -0.3 is 36.0 Å². The SMILES string of the molecule is Cc1ccc2c(c1)c(N=NC(N)=S)c(O)n2[C@@H]1O[C@H](CO)[C@@H](O)[C@H](O)[C@H]1O. The number of nitrogens with two attached hydrogens (primary N) is 1. The zero-order valence-electron chi connectivity index (χ0n) is 14.3. The smallest absolute Gasteiger partial charge is 0.223 e. The minimum atomic E-state index is -1.59. The number of fused-ring (bicyclic) bond motifs is 1. The number of aliphatic hydroxyl groups excluding tert-OH is 4. The fourth-order valence-corrected chi connectivity index (χ4v) is 3.19. The number of rotatable bonds is 3. The van der Waals surface area contributed by atoms with Gasteiger partial charge in [-0.25, -0.2) is 0 Å². The van der Waals surface area contributed by atoms with Crippen LogP contribution >= 0.6 is 12.2 Å². The van der Waals surface area contributed by atoms with Gasteiger partial charge in [-0.2, -0.15) is 0 Å². The van der Waals surface area contributed by atoms with Gasteiger partial charge in [-0.15, -0.1) is 10.2 Å². The lowest BCUT2D eigenvalue weighted by molar-refractivity contribution is -0.251. The Bertz CT molecular complexity index is 899. The van der Waals surface area contributed by atoms with Crippen LogP contribution in [0.5, 0.6) is 5.88 Å². The summed E-state index contributed by atoms with van der Waals surface area (Å²) < 4.78 is 6.76. The van der Waals surface area contributed by atoms with Crippen LogP contribution in [0.3, 0.4) is 0 Å². The summed E-state index contributed by atoms with van der Waals surface area (Å²) in [5.74, 6) is -0.403. The molecular formula is C16H20N4O6S. The van der Waals surface area contributed by atoms with E-state index >= 15 is 0 Å². The number of nitrogens with zero attached hydrogens (tertiary/aromatic N) is 3. The van der Waals surface area contributed by atoms with Gasteiger partial charge in [0.1, 0.15) is 24.4 Å². The topological polar surface area (TPSA) is 166 Å². The molecule has 0 radical (unpaired) electrons. The van der Waals surface area contributed by atoms with Crippen molar-refractivity contribution >= 4 is 33.9 Å². The largest absolute Gasteiger partial charge is 0.493 e. The number of aromatic nitrogens is 1. The van der Waals surface area contributed by atoms with Gasteiger partial charge in [0, 0.05) is 5.39 Å². The predicted molar refractivity (Wildman–Crippen MR) is 98.7 cm³/mol. The van der Waals surface area contributed by atoms with E-state index < -0.39 is 43.1 Å². The van der Waals surface area contributed by atoms with E-state index in [2.05, 4.69) is 22.4 Å². The van der Waals surface area contributed by atoms with Gasteiger partial charge >= 0.3 is 0 Å². The molecule has 1 aliphatic rings. The Kier molecular flexibility index (Phi) is 5.42. The highest BCUT2D eigenvalue weighted by Gasteiger charge is 2.45. The van der Waals surface area contributed by atoms with Crippen molar-refractivity contribution in [3.8, 4) is 5.88 Å². The standard InChI is InChI=1S/C16H20N4O6S/c1-6-2-3-8-7(4-6)10(18-19-16(17)27)14(25)20(8)15-13(24)12(23)11(22)9(5-21)26-15/h2-4,9,11-13,15,21-25H,5H2,1H3,(H2,17,27)/t9-,11-,12+,13-,15-/m1/s1. The van der Waals surface area contributed by atoms with Crippen LogP contribution in [0.2, 0.25) is 0 Å². The van der Waals surface area contributed by atoms with Crippen LogP contribution in [-0.4, -0.2) is 66.2 Å². The first-order valence-corrected chi connectivity index (χ1v) is 8.52. The van der Waals surface area contributed by atoms with E-state index in [1.165, 1.54) is 4.57 Å². The molecule has 0 bridgehead atoms. The lowest BCUT2D eigenvalue weighted by atomic mass is 9.98. The Morgan fingerprint density at radius 1 is 1.26 bits per heavy atom. The molecule has 0 amide bonds. The molecule has 1 aromatic heterocycles. The molecule has 27 heavy (non-hydrogen) atoms. The Hall–Kier alpha value is -2.15. The van der Waals surface area contributed by atoms with Crippen LogP contribution in [0, 0.1) is 6.92 Å². The van der Waals surface area contributed by atoms with Crippen molar-refractivity contribution in [1.29, 1.82) is 0 Å². The summed E-state index contributed by atoms with van der Waals surface area (Å²) in [7, 11) is 0. The molecule has 3 rings (SSSR count). The lowest BCUT2D eigenvalue weighted by Gasteiger charge is -2.40. The predicted octanol–water partition coefficient (Wildman–Crippen LogP) is -0.0450. The molecule has 2 aromatic rings. The zero-order valence-corrected chi connectivity index (χ0v) is 15.1. The van der Waals surface area contributed by atoms with Crippen LogP contribution in [0.15, 0.2) is 28.4 Å². The maximum absolute atomic E-state index is 10.7. The maximum Gasteiger partial charge on any atom is 0.223 e. The van der Waals surface area contributed by atoms with Crippen LogP contribution in [0.25, 0.3) is 10.9 Å². The van der Waals surface area contributed by atoms with E-state index in [4.69, 9.17) is 10.5 Å². The van der Waals surface area contributed by atoms with Crippen molar-refractivity contribution in [2.24, 2.45) is 16.0 Å². The van der Waals surface area contributed by atoms with E-state index in [9.17, 15) is 25.5 Å². The summed E-state index contributed by atoms with van der Waals surface area (Å²) >= 11 is 4.67. The first kappa shape index (κ1) is 19.6. The molecule has 0 unspecified atom stereocenters. The van der Waals surface area contributed by atoms with Gasteiger partial charge in [0.05, 0.1) is 12.1 Å². The average Bonchev–Trinajstić information content (AvgIpc) is 2.89. The highest BCUT2D eigenvalue weighted by Crippen LogP contribution is 2.44. The average molecular weight is 396 g/mol. The number of hydrogen-bond donors (Lipinski definition) is 6. The first-order valence-electron chi connectivity index (χ1n) is 8.11. The van der Waals surface area contributed by atoms with Crippen LogP contribution < -0.4 is 5.73 Å². The number of ether oxygens (including phenoxy) is 1. The third-order valence-electron chi connectivity index (χ3n) is 4.48. The van der Waals surface area contributed by atoms with Crippen LogP contribution in [-0.2, 0) is 4.74 Å². The number of hydrogen-bond acceptors (Lipinski definition) is 8. The summed E-state index contributed by atoms with van der Waals surface area (Å²) in [5, 5.41) is 58.3. The van der Waals surface area contributed by atoms with Crippen molar-refractivity contribution in [1.82, 2.24) is 4.57 Å². The molecule has 2 heterocycles. The lowest BCUT2D eigenvalue weighted by Crippen LogP contribution is -2.56. The molecule has 0 aliphatic carbocycles. The summed E-state index contributed by atoms with van der Waals surface area (Å²) in [4.78, 5) is 0. The van der Waals surface area contributed by atoms with Gasteiger partial charge in [0.15, 0.2) is 11.9 Å². The van der Waals surface area contributed by atoms with Crippen LogP contribution in [0.4, 0.5) is 5.69 Å². The van der Waals surface area contributed by atoms with Crippen molar-refractivity contribution in [3.05, 3.63) is 23.8 Å². The number of thiocarbonyl (C=S) groups is 1. The Labute approximate surface area is 159 Å². The Balaban J connectivity index is 2.19. The summed E-state index contributed by atoms with van der Waals surface area (Å²) in [6.45, 7) is 1.25. The van der Waals surface area contributed by atoms with Gasteiger partial charge in [-0.3, -0.25) is 4.57 Å². The van der Waals surface area contributed by atoms with E-state index in [-0.39, 0.29) is 10.8 Å². The normalized spacial score (nSPS) is 28.9.